The topological polar surface area (TPSA) is 60.9 Å². The highest BCUT2D eigenvalue weighted by Crippen LogP contribution is 2.49. The Morgan fingerprint density at radius 3 is 2.28 bits per heavy atom. The Labute approximate surface area is 167 Å². The number of amides is 1. The maximum absolute atomic E-state index is 13.3. The lowest BCUT2D eigenvalue weighted by Gasteiger charge is -2.24. The van der Waals surface area contributed by atoms with Gasteiger partial charge in [-0.15, -0.1) is 0 Å². The van der Waals surface area contributed by atoms with E-state index in [1.807, 2.05) is 0 Å². The third-order valence-corrected chi connectivity index (χ3v) is 6.31. The highest BCUT2D eigenvalue weighted by molar-refractivity contribution is 6.08. The van der Waals surface area contributed by atoms with E-state index in [0.717, 1.165) is 37.9 Å². The number of aliphatic carboxylic acids is 1. The molecule has 158 valence electrons. The van der Waals surface area contributed by atoms with E-state index in [1.54, 1.807) is 0 Å². The number of alkyl halides is 3. The summed E-state index contributed by atoms with van der Waals surface area (Å²) in [6.07, 6.45) is 1.31. The third kappa shape index (κ3) is 4.13. The summed E-state index contributed by atoms with van der Waals surface area (Å²) in [6.45, 7) is 4.19. The molecule has 3 fully saturated rings. The first kappa shape index (κ1) is 20.2. The predicted octanol–water partition coefficient (Wildman–Crippen LogP) is 3.43. The molecule has 2 heterocycles. The molecule has 1 aromatic rings. The lowest BCUT2D eigenvalue weighted by molar-refractivity contribution is -0.192. The van der Waals surface area contributed by atoms with Gasteiger partial charge in [0.2, 0.25) is 5.91 Å². The number of nitrogens with zero attached hydrogens (tertiary/aromatic N) is 2. The Balaban J connectivity index is 0.000000255. The number of hydrogen-bond donors (Lipinski definition) is 1. The quantitative estimate of drug-likeness (QED) is 0.826. The third-order valence-electron chi connectivity index (χ3n) is 6.31. The van der Waals surface area contributed by atoms with Gasteiger partial charge in [0, 0.05) is 25.3 Å². The molecule has 0 aromatic heterocycles. The van der Waals surface area contributed by atoms with Gasteiger partial charge in [-0.2, -0.15) is 13.2 Å². The SMILES string of the molecule is O=C(O)C(F)(F)F.O=C1N(CC2CC2)c2ccccc2C12CCN(CC1CC1)C2. The fourth-order valence-electron chi connectivity index (χ4n) is 4.44. The van der Waals surface area contributed by atoms with E-state index >= 15 is 0 Å². The first-order valence-electron chi connectivity index (χ1n) is 10.1. The molecule has 8 heteroatoms. The molecule has 5 rings (SSSR count). The minimum atomic E-state index is -5.08. The fraction of sp³-hybridized carbons (Fsp3) is 0.619. The zero-order valence-corrected chi connectivity index (χ0v) is 16.1. The molecule has 2 saturated carbocycles. The Kier molecular flexibility index (Phi) is 5.09. The summed E-state index contributed by atoms with van der Waals surface area (Å²) in [7, 11) is 0. The van der Waals surface area contributed by atoms with Crippen LogP contribution < -0.4 is 4.90 Å². The molecule has 1 amide bonds. The van der Waals surface area contributed by atoms with Crippen molar-refractivity contribution >= 4 is 17.6 Å². The molecule has 1 saturated heterocycles. The first-order valence-corrected chi connectivity index (χ1v) is 10.1. The average molecular weight is 410 g/mol. The van der Waals surface area contributed by atoms with Crippen LogP contribution in [0.4, 0.5) is 18.9 Å². The van der Waals surface area contributed by atoms with Crippen molar-refractivity contribution in [2.24, 2.45) is 11.8 Å². The number of carboxylic acid groups (broad SMARTS) is 1. The fourth-order valence-corrected chi connectivity index (χ4v) is 4.44. The Bertz CT molecular complexity index is 805. The Hall–Kier alpha value is -2.09. The lowest BCUT2D eigenvalue weighted by atomic mass is 9.81. The van der Waals surface area contributed by atoms with Gasteiger partial charge in [0.25, 0.3) is 0 Å². The number of anilines is 1. The van der Waals surface area contributed by atoms with Crippen LogP contribution in [0.5, 0.6) is 0 Å². The van der Waals surface area contributed by atoms with Gasteiger partial charge in [-0.3, -0.25) is 4.79 Å². The van der Waals surface area contributed by atoms with Gasteiger partial charge in [0.05, 0.1) is 5.41 Å². The van der Waals surface area contributed by atoms with Crippen LogP contribution in [0.3, 0.4) is 0 Å². The van der Waals surface area contributed by atoms with Crippen LogP contribution in [0.25, 0.3) is 0 Å². The number of fused-ring (bicyclic) bond motifs is 2. The maximum Gasteiger partial charge on any atom is 0.490 e. The van der Waals surface area contributed by atoms with Crippen molar-refractivity contribution in [3.63, 3.8) is 0 Å². The Morgan fingerprint density at radius 2 is 1.69 bits per heavy atom. The van der Waals surface area contributed by atoms with E-state index in [0.29, 0.717) is 5.91 Å². The number of carboxylic acids is 1. The molecular formula is C21H25F3N2O3. The second-order valence-corrected chi connectivity index (χ2v) is 8.69. The van der Waals surface area contributed by atoms with Gasteiger partial charge in [0.1, 0.15) is 0 Å². The van der Waals surface area contributed by atoms with Gasteiger partial charge in [0.15, 0.2) is 0 Å². The van der Waals surface area contributed by atoms with Gasteiger partial charge >= 0.3 is 12.1 Å². The van der Waals surface area contributed by atoms with Crippen LogP contribution in [0, 0.1) is 11.8 Å². The number of carbonyl (C=O) groups excluding carboxylic acids is 1. The summed E-state index contributed by atoms with van der Waals surface area (Å²) in [6, 6.07) is 8.56. The van der Waals surface area contributed by atoms with Gasteiger partial charge in [-0.25, -0.2) is 4.79 Å². The van der Waals surface area contributed by atoms with Crippen LogP contribution >= 0.6 is 0 Å². The van der Waals surface area contributed by atoms with Crippen molar-refractivity contribution in [1.29, 1.82) is 0 Å². The number of benzene rings is 1. The molecule has 29 heavy (non-hydrogen) atoms. The van der Waals surface area contributed by atoms with Crippen LogP contribution in [0.2, 0.25) is 0 Å². The number of para-hydroxylation sites is 1. The molecule has 0 bridgehead atoms. The number of hydrogen-bond acceptors (Lipinski definition) is 3. The highest BCUT2D eigenvalue weighted by Gasteiger charge is 2.54. The molecule has 1 spiro atoms. The van der Waals surface area contributed by atoms with Crippen LogP contribution in [-0.4, -0.2) is 54.2 Å². The monoisotopic (exact) mass is 410 g/mol. The second kappa shape index (κ2) is 7.31. The van der Waals surface area contributed by atoms with Crippen LogP contribution in [0.1, 0.15) is 37.7 Å². The van der Waals surface area contributed by atoms with E-state index in [1.165, 1.54) is 43.5 Å². The van der Waals surface area contributed by atoms with E-state index in [9.17, 15) is 18.0 Å². The minimum absolute atomic E-state index is 0.236. The van der Waals surface area contributed by atoms with Crippen molar-refractivity contribution in [2.75, 3.05) is 31.1 Å². The van der Waals surface area contributed by atoms with E-state index < -0.39 is 12.1 Å². The molecule has 5 nitrogen and oxygen atoms in total. The largest absolute Gasteiger partial charge is 0.490 e. The van der Waals surface area contributed by atoms with E-state index in [4.69, 9.17) is 9.90 Å². The zero-order chi connectivity index (χ0) is 20.8. The molecule has 2 aliphatic heterocycles. The molecular weight excluding hydrogens is 385 g/mol. The minimum Gasteiger partial charge on any atom is -0.475 e. The smallest absolute Gasteiger partial charge is 0.475 e. The second-order valence-electron chi connectivity index (χ2n) is 8.69. The molecule has 1 aromatic carbocycles. The number of rotatable bonds is 4. The van der Waals surface area contributed by atoms with Crippen molar-refractivity contribution in [3.8, 4) is 0 Å². The summed E-state index contributed by atoms with van der Waals surface area (Å²) in [5.74, 6) is -0.716. The summed E-state index contributed by atoms with van der Waals surface area (Å²) >= 11 is 0. The molecule has 2 aliphatic carbocycles. The van der Waals surface area contributed by atoms with Crippen molar-refractivity contribution in [1.82, 2.24) is 4.90 Å². The van der Waals surface area contributed by atoms with Gasteiger partial charge < -0.3 is 14.9 Å². The molecule has 1 N–H and O–H groups in total. The summed E-state index contributed by atoms with van der Waals surface area (Å²) in [5.41, 5.74) is 2.27. The number of likely N-dealkylation sites (tertiary alicyclic amines) is 1. The summed E-state index contributed by atoms with van der Waals surface area (Å²) < 4.78 is 31.7. The first-order chi connectivity index (χ1) is 13.7. The zero-order valence-electron chi connectivity index (χ0n) is 16.1. The molecule has 1 unspecified atom stereocenters. The number of halogens is 3. The lowest BCUT2D eigenvalue weighted by Crippen LogP contribution is -2.43. The summed E-state index contributed by atoms with van der Waals surface area (Å²) in [4.78, 5) is 26.9. The number of carbonyl (C=O) groups is 2. The van der Waals surface area contributed by atoms with Gasteiger partial charge in [-0.05, 0) is 62.1 Å². The average Bonchev–Trinajstić information content (AvgIpc) is 3.58. The normalized spacial score (nSPS) is 26.4. The van der Waals surface area contributed by atoms with E-state index in [2.05, 4.69) is 34.1 Å². The standard InChI is InChI=1S/C19H24N2O.C2HF3O2/c22-18-19(9-10-20(13-19)11-14-5-6-14)16-3-1-2-4-17(16)21(18)12-15-7-8-15;3-2(4,5)1(6)7/h1-4,14-15H,5-13H2;(H,6,7). The summed E-state index contributed by atoms with van der Waals surface area (Å²) in [5, 5.41) is 7.12. The van der Waals surface area contributed by atoms with Crippen LogP contribution in [-0.2, 0) is 15.0 Å². The maximum atomic E-state index is 13.3. The van der Waals surface area contributed by atoms with Gasteiger partial charge in [-0.1, -0.05) is 18.2 Å². The molecule has 4 aliphatic rings. The molecule has 0 radical (unpaired) electrons. The molecule has 1 atom stereocenters. The van der Waals surface area contributed by atoms with Crippen molar-refractivity contribution in [2.45, 2.75) is 43.7 Å². The van der Waals surface area contributed by atoms with E-state index in [-0.39, 0.29) is 5.41 Å². The van der Waals surface area contributed by atoms with Crippen molar-refractivity contribution in [3.05, 3.63) is 29.8 Å². The van der Waals surface area contributed by atoms with Crippen LogP contribution in [0.15, 0.2) is 24.3 Å². The van der Waals surface area contributed by atoms with Crippen molar-refractivity contribution < 1.29 is 27.9 Å². The highest BCUT2D eigenvalue weighted by atomic mass is 19.4. The Morgan fingerprint density at radius 1 is 1.10 bits per heavy atom. The predicted molar refractivity (Wildman–Crippen MR) is 101 cm³/mol.